The van der Waals surface area contributed by atoms with Crippen LogP contribution in [0, 0.1) is 51.2 Å². The number of benzene rings is 1. The Kier molecular flexibility index (Phi) is 7.90. The Morgan fingerprint density at radius 3 is 2.38 bits per heavy atom. The van der Waals surface area contributed by atoms with Crippen LogP contribution in [0.1, 0.15) is 124 Å². The van der Waals surface area contributed by atoms with E-state index >= 15 is 0 Å². The van der Waals surface area contributed by atoms with Crippen molar-refractivity contribution in [1.82, 2.24) is 0 Å². The topological polar surface area (TPSA) is 46.5 Å². The van der Waals surface area contributed by atoms with Crippen molar-refractivity contribution >= 4 is 5.97 Å². The lowest BCUT2D eigenvalue weighted by Gasteiger charge is -2.64. The average molecular weight is 549 g/mol. The quantitative estimate of drug-likeness (QED) is 0.273. The van der Waals surface area contributed by atoms with Gasteiger partial charge in [-0.05, 0) is 91.1 Å². The van der Waals surface area contributed by atoms with Crippen molar-refractivity contribution in [3.63, 3.8) is 0 Å². The molecule has 3 nitrogen and oxygen atoms in total. The summed E-state index contributed by atoms with van der Waals surface area (Å²) in [6.07, 6.45) is 12.5. The van der Waals surface area contributed by atoms with E-state index in [1.54, 1.807) is 5.57 Å². The molecule has 4 aliphatic carbocycles. The molecule has 0 heterocycles. The standard InChI is InChI=1S/C37H56O3/c1-24(2)13-12-14-25(3)29-23-31(38)37(8)28-17-18-30-34(4,5)32(40-33(39)26-15-10-9-11-16-26)20-21-35(30,6)27(28)19-22-36(29,37)7/h9-11,15-17,24-25,27,29-32,38H,12-14,18-23H2,1-8H3/t25-,27+,29-,30?,31+,32?,35-,36-,37-/m1/s1. The first-order chi connectivity index (χ1) is 18.8. The normalized spacial score (nSPS) is 41.0. The maximum atomic E-state index is 13.0. The number of carbonyl (C=O) groups is 1. The summed E-state index contributed by atoms with van der Waals surface area (Å²) in [5.41, 5.74) is 2.26. The minimum Gasteiger partial charge on any atom is -0.458 e. The maximum Gasteiger partial charge on any atom is 0.338 e. The summed E-state index contributed by atoms with van der Waals surface area (Å²) in [7, 11) is 0. The second-order valence-electron chi connectivity index (χ2n) is 15.9. The van der Waals surface area contributed by atoms with Crippen molar-refractivity contribution in [2.75, 3.05) is 0 Å². The zero-order chi connectivity index (χ0) is 29.1. The largest absolute Gasteiger partial charge is 0.458 e. The van der Waals surface area contributed by atoms with Crippen LogP contribution in [0.4, 0.5) is 0 Å². The molecule has 1 aromatic carbocycles. The van der Waals surface area contributed by atoms with Gasteiger partial charge in [-0.2, -0.15) is 0 Å². The molecule has 1 aromatic rings. The van der Waals surface area contributed by atoms with Gasteiger partial charge in [-0.3, -0.25) is 0 Å². The number of esters is 1. The lowest BCUT2D eigenvalue weighted by Crippen LogP contribution is -2.59. The number of aliphatic hydroxyl groups is 1. The van der Waals surface area contributed by atoms with Gasteiger partial charge >= 0.3 is 5.97 Å². The molecule has 222 valence electrons. The first kappa shape index (κ1) is 29.9. The lowest BCUT2D eigenvalue weighted by atomic mass is 9.40. The summed E-state index contributed by atoms with van der Waals surface area (Å²) in [5, 5.41) is 11.9. The third-order valence-corrected chi connectivity index (χ3v) is 13.3. The second-order valence-corrected chi connectivity index (χ2v) is 15.9. The Morgan fingerprint density at radius 2 is 1.70 bits per heavy atom. The minimum atomic E-state index is -0.263. The van der Waals surface area contributed by atoms with Gasteiger partial charge in [0, 0.05) is 10.8 Å². The van der Waals surface area contributed by atoms with E-state index in [4.69, 9.17) is 4.74 Å². The molecule has 5 rings (SSSR count). The van der Waals surface area contributed by atoms with Crippen LogP contribution in [-0.2, 0) is 4.74 Å². The van der Waals surface area contributed by atoms with Gasteiger partial charge in [-0.15, -0.1) is 0 Å². The van der Waals surface area contributed by atoms with Crippen molar-refractivity contribution in [2.45, 2.75) is 125 Å². The molecule has 1 N–H and O–H groups in total. The molecule has 0 saturated heterocycles. The van der Waals surface area contributed by atoms with Crippen LogP contribution in [0.5, 0.6) is 0 Å². The number of hydrogen-bond acceptors (Lipinski definition) is 3. The minimum absolute atomic E-state index is 0.0779. The van der Waals surface area contributed by atoms with E-state index in [1.165, 1.54) is 32.1 Å². The van der Waals surface area contributed by atoms with E-state index in [1.807, 2.05) is 30.3 Å². The van der Waals surface area contributed by atoms with Gasteiger partial charge in [0.1, 0.15) is 6.10 Å². The summed E-state index contributed by atoms with van der Waals surface area (Å²) >= 11 is 0. The summed E-state index contributed by atoms with van der Waals surface area (Å²) in [6.45, 7) is 19.3. The fourth-order valence-corrected chi connectivity index (χ4v) is 10.7. The number of allylic oxidation sites excluding steroid dienone is 1. The van der Waals surface area contributed by atoms with Crippen LogP contribution in [0.25, 0.3) is 0 Å². The Balaban J connectivity index is 1.39. The Hall–Kier alpha value is -1.61. The lowest BCUT2D eigenvalue weighted by molar-refractivity contribution is -0.140. The molecular weight excluding hydrogens is 492 g/mol. The van der Waals surface area contributed by atoms with Crippen molar-refractivity contribution in [1.29, 1.82) is 0 Å². The van der Waals surface area contributed by atoms with Crippen LogP contribution in [-0.4, -0.2) is 23.3 Å². The van der Waals surface area contributed by atoms with E-state index in [0.29, 0.717) is 29.2 Å². The number of carbonyl (C=O) groups excluding carboxylic acids is 1. The van der Waals surface area contributed by atoms with Gasteiger partial charge in [0.2, 0.25) is 0 Å². The predicted octanol–water partition coefficient (Wildman–Crippen LogP) is 9.25. The van der Waals surface area contributed by atoms with Gasteiger partial charge in [-0.1, -0.05) is 105 Å². The highest BCUT2D eigenvalue weighted by Gasteiger charge is 2.68. The number of fused-ring (bicyclic) bond motifs is 5. The van der Waals surface area contributed by atoms with Crippen LogP contribution in [0.15, 0.2) is 42.0 Å². The Morgan fingerprint density at radius 1 is 1.00 bits per heavy atom. The van der Waals surface area contributed by atoms with E-state index < -0.39 is 0 Å². The summed E-state index contributed by atoms with van der Waals surface area (Å²) in [6, 6.07) is 9.44. The molecule has 4 aliphatic rings. The number of ether oxygens (including phenoxy) is 1. The monoisotopic (exact) mass is 548 g/mol. The molecule has 3 saturated carbocycles. The molecule has 3 fully saturated rings. The van der Waals surface area contributed by atoms with Crippen molar-refractivity contribution in [3.8, 4) is 0 Å². The number of aliphatic hydroxyl groups excluding tert-OH is 1. The summed E-state index contributed by atoms with van der Waals surface area (Å²) in [5.74, 6) is 2.75. The zero-order valence-electron chi connectivity index (χ0n) is 26.6. The zero-order valence-corrected chi connectivity index (χ0v) is 26.6. The highest BCUT2D eigenvalue weighted by Crippen LogP contribution is 2.73. The number of rotatable bonds is 7. The highest BCUT2D eigenvalue weighted by atomic mass is 16.5. The van der Waals surface area contributed by atoms with Crippen LogP contribution in [0.2, 0.25) is 0 Å². The summed E-state index contributed by atoms with van der Waals surface area (Å²) in [4.78, 5) is 13.0. The smallest absolute Gasteiger partial charge is 0.338 e. The maximum absolute atomic E-state index is 13.0. The fourth-order valence-electron chi connectivity index (χ4n) is 10.7. The van der Waals surface area contributed by atoms with Crippen LogP contribution in [0.3, 0.4) is 0 Å². The highest BCUT2D eigenvalue weighted by molar-refractivity contribution is 5.89. The summed E-state index contributed by atoms with van der Waals surface area (Å²) < 4.78 is 6.23. The number of hydrogen-bond donors (Lipinski definition) is 1. The van der Waals surface area contributed by atoms with Gasteiger partial charge in [0.05, 0.1) is 11.7 Å². The third kappa shape index (κ3) is 4.52. The fraction of sp³-hybridized carbons (Fsp3) is 0.757. The van der Waals surface area contributed by atoms with E-state index in [2.05, 4.69) is 61.5 Å². The first-order valence-electron chi connectivity index (χ1n) is 16.4. The first-order valence-corrected chi connectivity index (χ1v) is 16.4. The Labute approximate surface area is 244 Å². The molecule has 0 spiro atoms. The average Bonchev–Trinajstić information content (AvgIpc) is 3.12. The van der Waals surface area contributed by atoms with Gasteiger partial charge in [0.15, 0.2) is 0 Å². The molecule has 0 aromatic heterocycles. The molecule has 0 aliphatic heterocycles. The second kappa shape index (κ2) is 10.6. The van der Waals surface area contributed by atoms with Crippen molar-refractivity contribution in [3.05, 3.63) is 47.5 Å². The van der Waals surface area contributed by atoms with E-state index in [0.717, 1.165) is 31.6 Å². The molecule has 0 radical (unpaired) electrons. The van der Waals surface area contributed by atoms with Gasteiger partial charge < -0.3 is 9.84 Å². The molecule has 9 atom stereocenters. The molecule has 3 heteroatoms. The molecule has 0 bridgehead atoms. The van der Waals surface area contributed by atoms with E-state index in [-0.39, 0.29) is 39.8 Å². The van der Waals surface area contributed by atoms with Crippen LogP contribution < -0.4 is 0 Å². The molecule has 2 unspecified atom stereocenters. The van der Waals surface area contributed by atoms with Gasteiger partial charge in [0.25, 0.3) is 0 Å². The van der Waals surface area contributed by atoms with Crippen LogP contribution >= 0.6 is 0 Å². The van der Waals surface area contributed by atoms with Gasteiger partial charge in [-0.25, -0.2) is 4.79 Å². The molecule has 40 heavy (non-hydrogen) atoms. The predicted molar refractivity (Wildman–Crippen MR) is 164 cm³/mol. The molecular formula is C37H56O3. The van der Waals surface area contributed by atoms with E-state index in [9.17, 15) is 9.90 Å². The SMILES string of the molecule is CC(C)CCC[C@@H](C)[C@H]1C[C@H](O)[C@@]2(C)C3=CCC4C(C)(C)C(OC(=O)c5ccccc5)CC[C@]4(C)[C@H]3CC[C@]12C. The third-order valence-electron chi connectivity index (χ3n) is 13.3. The van der Waals surface area contributed by atoms with Crippen molar-refractivity contribution < 1.29 is 14.6 Å². The van der Waals surface area contributed by atoms with Crippen molar-refractivity contribution in [2.24, 2.45) is 51.2 Å². The molecule has 0 amide bonds. The Bertz CT molecular complexity index is 1100.